The van der Waals surface area contributed by atoms with E-state index >= 15 is 0 Å². The van der Waals surface area contributed by atoms with Crippen LogP contribution in [-0.2, 0) is 0 Å². The summed E-state index contributed by atoms with van der Waals surface area (Å²) in [6.07, 6.45) is 0. The molecule has 0 amide bonds. The van der Waals surface area contributed by atoms with Gasteiger partial charge in [-0.25, -0.2) is 0 Å². The second-order valence-corrected chi connectivity index (χ2v) is 3.03. The van der Waals surface area contributed by atoms with Gasteiger partial charge < -0.3 is 5.73 Å². The van der Waals surface area contributed by atoms with E-state index in [1.807, 2.05) is 18.2 Å². The summed E-state index contributed by atoms with van der Waals surface area (Å²) >= 11 is 8.96. The Labute approximate surface area is 66.9 Å². The van der Waals surface area contributed by atoms with Gasteiger partial charge in [0.25, 0.3) is 0 Å². The van der Waals surface area contributed by atoms with Crippen LogP contribution in [0.3, 0.4) is 0 Å². The minimum atomic E-state index is 0.725. The van der Waals surface area contributed by atoms with Gasteiger partial charge in [-0.2, -0.15) is 0 Å². The van der Waals surface area contributed by atoms with Gasteiger partial charge >= 0.3 is 0 Å². The quantitative estimate of drug-likeness (QED) is 0.674. The number of benzene rings is 1. The Morgan fingerprint density at radius 1 is 1.44 bits per heavy atom. The maximum absolute atomic E-state index is 5.66. The Balaban J connectivity index is 3.17. The van der Waals surface area contributed by atoms with E-state index in [-0.39, 0.29) is 0 Å². The zero-order chi connectivity index (χ0) is 6.85. The number of hydrogen-bond acceptors (Lipinski definition) is 0. The highest BCUT2D eigenvalue weighted by molar-refractivity contribution is 9.10. The molecular weight excluding hydrogens is 201 g/mol. The fourth-order valence-corrected chi connectivity index (χ4v) is 0.985. The van der Waals surface area contributed by atoms with Crippen LogP contribution in [0.2, 0.25) is 5.02 Å². The monoisotopic (exact) mass is 206 g/mol. The molecule has 1 aromatic carbocycles. The molecule has 0 atom stereocenters. The van der Waals surface area contributed by atoms with Crippen LogP contribution in [0.15, 0.2) is 22.7 Å². The summed E-state index contributed by atoms with van der Waals surface area (Å²) in [5.74, 6) is 0. The van der Waals surface area contributed by atoms with E-state index in [0.29, 0.717) is 0 Å². The van der Waals surface area contributed by atoms with Gasteiger partial charge in [-0.1, -0.05) is 11.6 Å². The van der Waals surface area contributed by atoms with E-state index in [9.17, 15) is 0 Å². The highest BCUT2D eigenvalue weighted by atomic mass is 79.9. The smallest absolute Gasteiger partial charge is 0.143 e. The average Bonchev–Trinajstić information content (AvgIpc) is 1.80. The maximum Gasteiger partial charge on any atom is 0.143 e. The summed E-state index contributed by atoms with van der Waals surface area (Å²) in [4.78, 5) is 0. The molecule has 48 valence electrons. The molecule has 9 heavy (non-hydrogen) atoms. The SMILES string of the molecule is [NH3+]c1cc(Cl)ccc1Br. The van der Waals surface area contributed by atoms with E-state index in [4.69, 9.17) is 11.6 Å². The molecule has 0 aliphatic carbocycles. The van der Waals surface area contributed by atoms with Crippen molar-refractivity contribution in [2.75, 3.05) is 0 Å². The minimum absolute atomic E-state index is 0.725. The molecule has 0 fully saturated rings. The van der Waals surface area contributed by atoms with Crippen LogP contribution in [0.1, 0.15) is 0 Å². The molecule has 0 unspecified atom stereocenters. The standard InChI is InChI=1S/C6H5BrClN/c7-5-2-1-4(8)3-6(5)9/h1-3H,9H2/p+1. The number of hydrogen-bond donors (Lipinski definition) is 1. The molecule has 0 bridgehead atoms. The molecule has 1 nitrogen and oxygen atoms in total. The van der Waals surface area contributed by atoms with Crippen molar-refractivity contribution in [2.45, 2.75) is 0 Å². The Morgan fingerprint density at radius 2 is 2.11 bits per heavy atom. The molecule has 0 radical (unpaired) electrons. The molecule has 1 aromatic rings. The van der Waals surface area contributed by atoms with Gasteiger partial charge in [0.2, 0.25) is 0 Å². The van der Waals surface area contributed by atoms with Crippen LogP contribution in [0.5, 0.6) is 0 Å². The first-order chi connectivity index (χ1) is 4.20. The summed E-state index contributed by atoms with van der Waals surface area (Å²) < 4.78 is 0.993. The molecule has 0 heterocycles. The fourth-order valence-electron chi connectivity index (χ4n) is 0.543. The Morgan fingerprint density at radius 3 is 2.56 bits per heavy atom. The van der Waals surface area contributed by atoms with Gasteiger partial charge in [0.05, 0.1) is 4.47 Å². The maximum atomic E-state index is 5.66. The average molecular weight is 207 g/mol. The first kappa shape index (κ1) is 7.06. The van der Waals surface area contributed by atoms with Crippen LogP contribution >= 0.6 is 27.5 Å². The number of halogens is 2. The number of rotatable bonds is 0. The van der Waals surface area contributed by atoms with E-state index < -0.39 is 0 Å². The zero-order valence-corrected chi connectivity index (χ0v) is 7.04. The third kappa shape index (κ3) is 1.68. The van der Waals surface area contributed by atoms with E-state index in [1.165, 1.54) is 0 Å². The van der Waals surface area contributed by atoms with Crippen molar-refractivity contribution >= 4 is 33.2 Å². The van der Waals surface area contributed by atoms with Crippen molar-refractivity contribution < 1.29 is 5.73 Å². The lowest BCUT2D eigenvalue weighted by molar-refractivity contribution is -0.255. The topological polar surface area (TPSA) is 27.6 Å². The van der Waals surface area contributed by atoms with Gasteiger partial charge in [0, 0.05) is 11.1 Å². The van der Waals surface area contributed by atoms with Crippen LogP contribution in [0.4, 0.5) is 5.69 Å². The van der Waals surface area contributed by atoms with E-state index in [1.54, 1.807) is 0 Å². The van der Waals surface area contributed by atoms with Crippen molar-refractivity contribution in [3.05, 3.63) is 27.7 Å². The molecule has 0 saturated heterocycles. The summed E-state index contributed by atoms with van der Waals surface area (Å²) in [6.45, 7) is 0. The highest BCUT2D eigenvalue weighted by Crippen LogP contribution is 2.20. The van der Waals surface area contributed by atoms with Crippen molar-refractivity contribution in [1.82, 2.24) is 0 Å². The van der Waals surface area contributed by atoms with Crippen molar-refractivity contribution in [1.29, 1.82) is 0 Å². The van der Waals surface area contributed by atoms with Crippen LogP contribution in [0.25, 0.3) is 0 Å². The Kier molecular flexibility index (Phi) is 2.11. The molecule has 0 aromatic heterocycles. The van der Waals surface area contributed by atoms with Crippen LogP contribution in [0, 0.1) is 0 Å². The second-order valence-electron chi connectivity index (χ2n) is 1.74. The number of quaternary nitrogens is 1. The second kappa shape index (κ2) is 2.69. The molecule has 0 spiro atoms. The Hall–Kier alpha value is -0.0500. The lowest BCUT2D eigenvalue weighted by Crippen LogP contribution is -2.40. The van der Waals surface area contributed by atoms with Crippen LogP contribution < -0.4 is 5.73 Å². The molecule has 1 rings (SSSR count). The predicted molar refractivity (Wildman–Crippen MR) is 41.7 cm³/mol. The summed E-state index contributed by atoms with van der Waals surface area (Å²) in [6, 6.07) is 5.51. The fraction of sp³-hybridized carbons (Fsp3) is 0. The first-order valence-corrected chi connectivity index (χ1v) is 3.64. The Bertz CT molecular complexity index is 224. The van der Waals surface area contributed by atoms with Gasteiger partial charge in [-0.3, -0.25) is 0 Å². The van der Waals surface area contributed by atoms with Crippen molar-refractivity contribution in [3.63, 3.8) is 0 Å². The van der Waals surface area contributed by atoms with Crippen molar-refractivity contribution in [2.24, 2.45) is 0 Å². The molecule has 0 aliphatic rings. The third-order valence-electron chi connectivity index (χ3n) is 1.01. The van der Waals surface area contributed by atoms with Gasteiger partial charge in [0.15, 0.2) is 0 Å². The lowest BCUT2D eigenvalue weighted by Gasteiger charge is -1.91. The highest BCUT2D eigenvalue weighted by Gasteiger charge is 1.96. The predicted octanol–water partition coefficient (Wildman–Crippen LogP) is 1.98. The normalized spacial score (nSPS) is 9.67. The molecule has 0 aliphatic heterocycles. The van der Waals surface area contributed by atoms with Crippen LogP contribution in [-0.4, -0.2) is 0 Å². The third-order valence-corrected chi connectivity index (χ3v) is 2.02. The summed E-state index contributed by atoms with van der Waals surface area (Å²) in [5, 5.41) is 0.725. The molecule has 3 heteroatoms. The lowest BCUT2D eigenvalue weighted by atomic mass is 10.3. The van der Waals surface area contributed by atoms with Gasteiger partial charge in [0.1, 0.15) is 5.69 Å². The largest absolute Gasteiger partial charge is 0.324 e. The molecular formula is C6H6BrClN+. The van der Waals surface area contributed by atoms with E-state index in [0.717, 1.165) is 15.2 Å². The zero-order valence-electron chi connectivity index (χ0n) is 4.70. The van der Waals surface area contributed by atoms with E-state index in [2.05, 4.69) is 21.7 Å². The summed E-state index contributed by atoms with van der Waals surface area (Å²) in [5.41, 5.74) is 4.67. The minimum Gasteiger partial charge on any atom is -0.324 e. The first-order valence-electron chi connectivity index (χ1n) is 2.47. The molecule has 0 saturated carbocycles. The summed E-state index contributed by atoms with van der Waals surface area (Å²) in [7, 11) is 0. The van der Waals surface area contributed by atoms with Gasteiger partial charge in [-0.15, -0.1) is 0 Å². The van der Waals surface area contributed by atoms with Crippen molar-refractivity contribution in [3.8, 4) is 0 Å². The molecule has 3 N–H and O–H groups in total. The van der Waals surface area contributed by atoms with Gasteiger partial charge in [-0.05, 0) is 28.1 Å².